The first-order valence-electron chi connectivity index (χ1n) is 8.91. The number of hydrogen-bond acceptors (Lipinski definition) is 4. The molecule has 1 saturated heterocycles. The summed E-state index contributed by atoms with van der Waals surface area (Å²) in [6.45, 7) is 0.722. The van der Waals surface area contributed by atoms with E-state index in [4.69, 9.17) is 0 Å². The van der Waals surface area contributed by atoms with Gasteiger partial charge in [-0.1, -0.05) is 6.42 Å². The molecule has 9 heteroatoms. The van der Waals surface area contributed by atoms with E-state index in [1.165, 1.54) is 15.6 Å². The molecule has 0 bridgehead atoms. The molecule has 27 heavy (non-hydrogen) atoms. The highest BCUT2D eigenvalue weighted by Crippen LogP contribution is 2.48. The van der Waals surface area contributed by atoms with Gasteiger partial charge in [-0.3, -0.25) is 9.36 Å². The van der Waals surface area contributed by atoms with Gasteiger partial charge >= 0.3 is 17.7 Å². The zero-order chi connectivity index (χ0) is 19.2. The molecule has 0 radical (unpaired) electrons. The maximum absolute atomic E-state index is 12.6. The van der Waals surface area contributed by atoms with Crippen molar-refractivity contribution in [2.75, 3.05) is 18.4 Å². The molecular formula is C18H21N5O4. The Kier molecular flexibility index (Phi) is 4.01. The number of aliphatic carboxylic acids is 1. The summed E-state index contributed by atoms with van der Waals surface area (Å²) in [5, 5.41) is 16.5. The molecular weight excluding hydrogens is 350 g/mol. The van der Waals surface area contributed by atoms with Crippen LogP contribution in [0, 0.1) is 11.3 Å². The number of aryl methyl sites for hydroxylation is 1. The second-order valence-corrected chi connectivity index (χ2v) is 7.34. The Morgan fingerprint density at radius 1 is 1.30 bits per heavy atom. The van der Waals surface area contributed by atoms with Gasteiger partial charge < -0.3 is 15.3 Å². The van der Waals surface area contributed by atoms with Gasteiger partial charge in [0.1, 0.15) is 6.33 Å². The Hall–Kier alpha value is -3.10. The minimum absolute atomic E-state index is 0.0270. The summed E-state index contributed by atoms with van der Waals surface area (Å²) in [6.07, 6.45) is 3.81. The molecule has 2 aromatic rings. The van der Waals surface area contributed by atoms with Gasteiger partial charge in [0.15, 0.2) is 0 Å². The number of carboxylic acid groups (broad SMARTS) is 1. The number of amides is 2. The summed E-state index contributed by atoms with van der Waals surface area (Å²) in [4.78, 5) is 37.8. The summed E-state index contributed by atoms with van der Waals surface area (Å²) < 4.78 is 2.64. The number of hydrogen-bond donors (Lipinski definition) is 2. The fraction of sp³-hybridized carbons (Fsp3) is 0.444. The third-order valence-electron chi connectivity index (χ3n) is 5.77. The lowest BCUT2D eigenvalue weighted by atomic mass is 9.81. The van der Waals surface area contributed by atoms with Crippen molar-refractivity contribution < 1.29 is 14.7 Å². The number of nitrogens with one attached hydrogen (secondary N) is 1. The van der Waals surface area contributed by atoms with Gasteiger partial charge in [-0.05, 0) is 43.0 Å². The first kappa shape index (κ1) is 17.3. The Labute approximate surface area is 155 Å². The van der Waals surface area contributed by atoms with Crippen LogP contribution >= 0.6 is 0 Å². The highest BCUT2D eigenvalue weighted by Gasteiger charge is 2.55. The van der Waals surface area contributed by atoms with Gasteiger partial charge in [-0.2, -0.15) is 9.78 Å². The van der Waals surface area contributed by atoms with Crippen LogP contribution in [0.25, 0.3) is 5.69 Å². The average molecular weight is 371 g/mol. The van der Waals surface area contributed by atoms with Crippen molar-refractivity contribution >= 4 is 17.7 Å². The average Bonchev–Trinajstić information content (AvgIpc) is 3.30. The molecule has 2 N–H and O–H groups in total. The largest absolute Gasteiger partial charge is 0.481 e. The second kappa shape index (κ2) is 6.26. The van der Waals surface area contributed by atoms with Crippen LogP contribution in [-0.4, -0.2) is 49.4 Å². The number of benzene rings is 1. The standard InChI is InChI=1S/C18H21N5O4/c1-21-11-19-23(17(21)27)14-6-4-13(5-7-14)20-16(26)22-9-12-3-2-8-18(12,10-22)15(24)25/h4-7,11-12H,2-3,8-10H2,1H3,(H,20,26)(H,24,25)/t12-,18+/m0/s1. The molecule has 2 heterocycles. The van der Waals surface area contributed by atoms with Gasteiger partial charge in [0, 0.05) is 25.8 Å². The number of carbonyl (C=O) groups excluding carboxylic acids is 1. The molecule has 1 aliphatic carbocycles. The molecule has 1 aromatic heterocycles. The van der Waals surface area contributed by atoms with Gasteiger partial charge in [-0.25, -0.2) is 9.59 Å². The summed E-state index contributed by atoms with van der Waals surface area (Å²) in [7, 11) is 1.62. The van der Waals surface area contributed by atoms with E-state index in [1.807, 2.05) is 0 Å². The van der Waals surface area contributed by atoms with Crippen molar-refractivity contribution in [3.63, 3.8) is 0 Å². The zero-order valence-corrected chi connectivity index (χ0v) is 15.0. The van der Waals surface area contributed by atoms with Crippen LogP contribution in [0.3, 0.4) is 0 Å². The van der Waals surface area contributed by atoms with Gasteiger partial charge in [0.2, 0.25) is 0 Å². The van der Waals surface area contributed by atoms with Gasteiger partial charge in [0.25, 0.3) is 0 Å². The van der Waals surface area contributed by atoms with Gasteiger partial charge in [-0.15, -0.1) is 0 Å². The smallest absolute Gasteiger partial charge is 0.350 e. The van der Waals surface area contributed by atoms with Crippen molar-refractivity contribution in [1.82, 2.24) is 19.2 Å². The summed E-state index contributed by atoms with van der Waals surface area (Å²) in [6, 6.07) is 6.48. The number of anilines is 1. The molecule has 2 amide bonds. The normalized spacial score (nSPS) is 24.0. The van der Waals surface area contributed by atoms with E-state index < -0.39 is 11.4 Å². The second-order valence-electron chi connectivity index (χ2n) is 7.34. The Morgan fingerprint density at radius 3 is 2.63 bits per heavy atom. The van der Waals surface area contributed by atoms with Crippen LogP contribution in [-0.2, 0) is 11.8 Å². The van der Waals surface area contributed by atoms with Crippen LogP contribution in [0.5, 0.6) is 0 Å². The van der Waals surface area contributed by atoms with E-state index in [-0.39, 0.29) is 24.2 Å². The SMILES string of the molecule is Cn1cnn(-c2ccc(NC(=O)N3C[C@@H]4CCC[C@@]4(C(=O)O)C3)cc2)c1=O. The van der Waals surface area contributed by atoms with E-state index in [0.717, 1.165) is 12.8 Å². The molecule has 4 rings (SSSR count). The highest BCUT2D eigenvalue weighted by atomic mass is 16.4. The number of carbonyl (C=O) groups is 2. The van der Waals surface area contributed by atoms with Crippen molar-refractivity contribution in [2.45, 2.75) is 19.3 Å². The van der Waals surface area contributed by atoms with Gasteiger partial charge in [0.05, 0.1) is 11.1 Å². The number of carboxylic acids is 1. The molecule has 1 aromatic carbocycles. The zero-order valence-electron chi connectivity index (χ0n) is 15.0. The molecule has 0 unspecified atom stereocenters. The molecule has 2 atom stereocenters. The minimum Gasteiger partial charge on any atom is -0.481 e. The van der Waals surface area contributed by atoms with Crippen LogP contribution in [0.1, 0.15) is 19.3 Å². The van der Waals surface area contributed by atoms with Crippen LogP contribution in [0.2, 0.25) is 0 Å². The lowest BCUT2D eigenvalue weighted by Crippen LogP contribution is -2.38. The molecule has 2 fully saturated rings. The van der Waals surface area contributed by atoms with E-state index in [2.05, 4.69) is 10.4 Å². The number of likely N-dealkylation sites (tertiary alicyclic amines) is 1. The third-order valence-corrected chi connectivity index (χ3v) is 5.77. The van der Waals surface area contributed by atoms with Crippen LogP contribution < -0.4 is 11.0 Å². The van der Waals surface area contributed by atoms with E-state index >= 15 is 0 Å². The van der Waals surface area contributed by atoms with Crippen molar-refractivity contribution in [3.8, 4) is 5.69 Å². The number of fused-ring (bicyclic) bond motifs is 1. The topological polar surface area (TPSA) is 109 Å². The fourth-order valence-corrected chi connectivity index (χ4v) is 4.24. The van der Waals surface area contributed by atoms with E-state index in [9.17, 15) is 19.5 Å². The maximum Gasteiger partial charge on any atom is 0.350 e. The van der Waals surface area contributed by atoms with Crippen LogP contribution in [0.15, 0.2) is 35.4 Å². The Balaban J connectivity index is 1.45. The molecule has 0 spiro atoms. The molecule has 1 saturated carbocycles. The number of rotatable bonds is 3. The Bertz CT molecular complexity index is 947. The summed E-state index contributed by atoms with van der Waals surface area (Å²) in [5.74, 6) is -0.774. The first-order valence-corrected chi connectivity index (χ1v) is 8.91. The number of urea groups is 1. The quantitative estimate of drug-likeness (QED) is 0.845. The van der Waals surface area contributed by atoms with Crippen molar-refractivity contribution in [1.29, 1.82) is 0 Å². The predicted molar refractivity (Wildman–Crippen MR) is 96.8 cm³/mol. The number of nitrogens with zero attached hydrogens (tertiary/aromatic N) is 4. The minimum atomic E-state index is -0.801. The fourth-order valence-electron chi connectivity index (χ4n) is 4.24. The molecule has 2 aliphatic rings. The lowest BCUT2D eigenvalue weighted by Gasteiger charge is -2.23. The molecule has 9 nitrogen and oxygen atoms in total. The molecule has 142 valence electrons. The summed E-state index contributed by atoms with van der Waals surface area (Å²) in [5.41, 5.74) is 0.129. The third kappa shape index (κ3) is 2.79. The monoisotopic (exact) mass is 371 g/mol. The lowest BCUT2D eigenvalue weighted by molar-refractivity contribution is -0.149. The molecule has 1 aliphatic heterocycles. The number of aromatic nitrogens is 3. The van der Waals surface area contributed by atoms with Crippen molar-refractivity contribution in [3.05, 3.63) is 41.1 Å². The van der Waals surface area contributed by atoms with E-state index in [1.54, 1.807) is 36.2 Å². The maximum atomic E-state index is 12.6. The van der Waals surface area contributed by atoms with Crippen LogP contribution in [0.4, 0.5) is 10.5 Å². The highest BCUT2D eigenvalue weighted by molar-refractivity contribution is 5.90. The van der Waals surface area contributed by atoms with E-state index in [0.29, 0.717) is 24.3 Å². The predicted octanol–water partition coefficient (Wildman–Crippen LogP) is 1.29. The summed E-state index contributed by atoms with van der Waals surface area (Å²) >= 11 is 0. The Morgan fingerprint density at radius 2 is 2.04 bits per heavy atom. The first-order chi connectivity index (χ1) is 12.9. The van der Waals surface area contributed by atoms with Crippen molar-refractivity contribution in [2.24, 2.45) is 18.4 Å².